The quantitative estimate of drug-likeness (QED) is 0.803. The van der Waals surface area contributed by atoms with E-state index in [0.29, 0.717) is 17.5 Å². The summed E-state index contributed by atoms with van der Waals surface area (Å²) in [7, 11) is 0. The summed E-state index contributed by atoms with van der Waals surface area (Å²) in [6.07, 6.45) is 6.13. The zero-order valence-electron chi connectivity index (χ0n) is 11.2. The molecule has 2 N–H and O–H groups in total. The van der Waals surface area contributed by atoms with Crippen molar-refractivity contribution < 1.29 is 9.90 Å². The molecule has 2 rings (SSSR count). The van der Waals surface area contributed by atoms with Gasteiger partial charge in [0.2, 0.25) is 0 Å². The van der Waals surface area contributed by atoms with Crippen molar-refractivity contribution in [3.63, 3.8) is 0 Å². The van der Waals surface area contributed by atoms with Gasteiger partial charge in [-0.25, -0.2) is 4.79 Å². The van der Waals surface area contributed by atoms with Gasteiger partial charge < -0.3 is 10.4 Å². The van der Waals surface area contributed by atoms with Gasteiger partial charge in [0, 0.05) is 16.2 Å². The molecule has 1 aliphatic rings. The zero-order valence-corrected chi connectivity index (χ0v) is 12.7. The second-order valence-electron chi connectivity index (χ2n) is 5.36. The lowest BCUT2D eigenvalue weighted by molar-refractivity contribution is 0.0697. The molecule has 0 aromatic heterocycles. The molecule has 1 saturated carbocycles. The molecule has 1 aromatic carbocycles. The minimum Gasteiger partial charge on any atom is -0.478 e. The van der Waals surface area contributed by atoms with E-state index < -0.39 is 5.97 Å². The molecular weight excluding hydrogens is 306 g/mol. The summed E-state index contributed by atoms with van der Waals surface area (Å²) in [4.78, 5) is 11.3. The Morgan fingerprint density at radius 3 is 2.79 bits per heavy atom. The van der Waals surface area contributed by atoms with Gasteiger partial charge in [0.1, 0.15) is 0 Å². The largest absolute Gasteiger partial charge is 0.478 e. The van der Waals surface area contributed by atoms with Crippen molar-refractivity contribution in [3.8, 4) is 0 Å². The average Bonchev–Trinajstić information content (AvgIpc) is 2.57. The van der Waals surface area contributed by atoms with Crippen LogP contribution in [-0.4, -0.2) is 17.1 Å². The van der Waals surface area contributed by atoms with Crippen LogP contribution in [0.25, 0.3) is 0 Å². The van der Waals surface area contributed by atoms with Crippen LogP contribution in [0.15, 0.2) is 22.7 Å². The molecule has 2 atom stereocenters. The third-order valence-corrected chi connectivity index (χ3v) is 4.41. The van der Waals surface area contributed by atoms with Crippen molar-refractivity contribution in [2.24, 2.45) is 5.92 Å². The highest BCUT2D eigenvalue weighted by atomic mass is 79.9. The van der Waals surface area contributed by atoms with Gasteiger partial charge >= 0.3 is 5.97 Å². The van der Waals surface area contributed by atoms with Gasteiger partial charge in [-0.15, -0.1) is 0 Å². The molecule has 1 aliphatic carbocycles. The number of rotatable bonds is 3. The number of hydrogen-bond acceptors (Lipinski definition) is 2. The number of carboxylic acids is 1. The van der Waals surface area contributed by atoms with E-state index in [0.717, 1.165) is 16.6 Å². The number of halogens is 1. The van der Waals surface area contributed by atoms with Crippen LogP contribution in [0.2, 0.25) is 0 Å². The predicted octanol–water partition coefficient (Wildman–Crippen LogP) is 4.53. The summed E-state index contributed by atoms with van der Waals surface area (Å²) in [6, 6.07) is 5.77. The van der Waals surface area contributed by atoms with Crippen LogP contribution < -0.4 is 5.32 Å². The van der Waals surface area contributed by atoms with Crippen molar-refractivity contribution >= 4 is 27.6 Å². The van der Waals surface area contributed by atoms with Crippen LogP contribution in [0.4, 0.5) is 5.69 Å². The third-order valence-electron chi connectivity index (χ3n) is 3.91. The van der Waals surface area contributed by atoms with Crippen molar-refractivity contribution in [3.05, 3.63) is 28.2 Å². The molecule has 0 spiro atoms. The monoisotopic (exact) mass is 325 g/mol. The second kappa shape index (κ2) is 6.42. The summed E-state index contributed by atoms with van der Waals surface area (Å²) in [5.74, 6) is -0.294. The first-order chi connectivity index (χ1) is 9.08. The summed E-state index contributed by atoms with van der Waals surface area (Å²) in [5, 5.41) is 12.7. The van der Waals surface area contributed by atoms with Crippen molar-refractivity contribution in [2.45, 2.75) is 45.1 Å². The van der Waals surface area contributed by atoms with Crippen molar-refractivity contribution in [1.29, 1.82) is 0 Å². The van der Waals surface area contributed by atoms with E-state index >= 15 is 0 Å². The normalized spacial score (nSPS) is 23.7. The average molecular weight is 326 g/mol. The Morgan fingerprint density at radius 2 is 2.05 bits per heavy atom. The summed E-state index contributed by atoms with van der Waals surface area (Å²) < 4.78 is 0.796. The number of aromatic carboxylic acids is 1. The third kappa shape index (κ3) is 3.72. The van der Waals surface area contributed by atoms with Crippen LogP contribution in [0.3, 0.4) is 0 Å². The molecule has 0 amide bonds. The Kier molecular flexibility index (Phi) is 4.86. The van der Waals surface area contributed by atoms with E-state index in [4.69, 9.17) is 0 Å². The topological polar surface area (TPSA) is 49.3 Å². The first kappa shape index (κ1) is 14.4. The van der Waals surface area contributed by atoms with Crippen molar-refractivity contribution in [2.75, 3.05) is 5.32 Å². The van der Waals surface area contributed by atoms with Crippen LogP contribution in [0.1, 0.15) is 49.4 Å². The Morgan fingerprint density at radius 1 is 1.32 bits per heavy atom. The van der Waals surface area contributed by atoms with Crippen LogP contribution in [-0.2, 0) is 0 Å². The molecule has 3 nitrogen and oxygen atoms in total. The Labute approximate surface area is 122 Å². The first-order valence-electron chi connectivity index (χ1n) is 6.87. The number of carboxylic acid groups (broad SMARTS) is 1. The van der Waals surface area contributed by atoms with Gasteiger partial charge in [-0.1, -0.05) is 42.1 Å². The fraction of sp³-hybridized carbons (Fsp3) is 0.533. The summed E-state index contributed by atoms with van der Waals surface area (Å²) in [6.45, 7) is 2.25. The number of anilines is 1. The molecule has 0 bridgehead atoms. The van der Waals surface area contributed by atoms with Gasteiger partial charge in [-0.05, 0) is 37.0 Å². The highest BCUT2D eigenvalue weighted by Gasteiger charge is 2.21. The lowest BCUT2D eigenvalue weighted by atomic mass is 9.96. The van der Waals surface area contributed by atoms with Crippen molar-refractivity contribution in [1.82, 2.24) is 0 Å². The maximum atomic E-state index is 11.3. The lowest BCUT2D eigenvalue weighted by Gasteiger charge is -2.25. The molecule has 1 fully saturated rings. The molecule has 19 heavy (non-hydrogen) atoms. The van der Waals surface area contributed by atoms with E-state index in [2.05, 4.69) is 28.2 Å². The van der Waals surface area contributed by atoms with Crippen LogP contribution in [0, 0.1) is 5.92 Å². The zero-order chi connectivity index (χ0) is 13.8. The second-order valence-corrected chi connectivity index (χ2v) is 6.28. The number of nitrogens with one attached hydrogen (secondary N) is 1. The van der Waals surface area contributed by atoms with E-state index in [1.54, 1.807) is 6.07 Å². The lowest BCUT2D eigenvalue weighted by Crippen LogP contribution is -2.27. The van der Waals surface area contributed by atoms with Crippen LogP contribution in [0.5, 0.6) is 0 Å². The highest BCUT2D eigenvalue weighted by molar-refractivity contribution is 9.10. The fourth-order valence-electron chi connectivity index (χ4n) is 2.73. The minimum absolute atomic E-state index is 0.339. The maximum Gasteiger partial charge on any atom is 0.337 e. The molecule has 4 heteroatoms. The molecule has 0 aliphatic heterocycles. The van der Waals surface area contributed by atoms with Crippen LogP contribution >= 0.6 is 15.9 Å². The molecule has 0 heterocycles. The number of carbonyl (C=O) groups is 1. The molecule has 2 unspecified atom stereocenters. The Balaban J connectivity index is 2.19. The van der Waals surface area contributed by atoms with E-state index in [1.807, 2.05) is 12.1 Å². The highest BCUT2D eigenvalue weighted by Crippen LogP contribution is 2.28. The Bertz CT molecular complexity index is 461. The van der Waals surface area contributed by atoms with Gasteiger partial charge in [-0.3, -0.25) is 0 Å². The predicted molar refractivity (Wildman–Crippen MR) is 80.8 cm³/mol. The maximum absolute atomic E-state index is 11.3. The number of benzene rings is 1. The number of hydrogen-bond donors (Lipinski definition) is 2. The molecule has 1 aromatic rings. The van der Waals surface area contributed by atoms with Gasteiger partial charge in [0.05, 0.1) is 5.56 Å². The van der Waals surface area contributed by atoms with E-state index in [1.165, 1.54) is 25.7 Å². The molecule has 0 saturated heterocycles. The summed E-state index contributed by atoms with van der Waals surface area (Å²) in [5.41, 5.74) is 1.07. The SMILES string of the molecule is CC1CCCCCC1Nc1ccc(Br)cc1C(=O)O. The van der Waals surface area contributed by atoms with Gasteiger partial charge in [0.15, 0.2) is 0 Å². The smallest absolute Gasteiger partial charge is 0.337 e. The first-order valence-corrected chi connectivity index (χ1v) is 7.66. The molecule has 0 radical (unpaired) electrons. The molecule has 104 valence electrons. The van der Waals surface area contributed by atoms with E-state index in [-0.39, 0.29) is 0 Å². The van der Waals surface area contributed by atoms with Gasteiger partial charge in [0.25, 0.3) is 0 Å². The Hall–Kier alpha value is -1.03. The standard InChI is InChI=1S/C15H20BrNO2/c1-10-5-3-2-4-6-13(10)17-14-8-7-11(16)9-12(14)15(18)19/h7-10,13,17H,2-6H2,1H3,(H,18,19). The van der Waals surface area contributed by atoms with E-state index in [9.17, 15) is 9.90 Å². The summed E-state index contributed by atoms with van der Waals surface area (Å²) >= 11 is 3.32. The fourth-order valence-corrected chi connectivity index (χ4v) is 3.09. The van der Waals surface area contributed by atoms with Gasteiger partial charge in [-0.2, -0.15) is 0 Å². The minimum atomic E-state index is -0.884. The molecular formula is C15H20BrNO2.